The number of nitrogens with one attached hydrogen (secondary N) is 2. The summed E-state index contributed by atoms with van der Waals surface area (Å²) in [6.07, 6.45) is 0.886. The molecule has 140 valence electrons. The van der Waals surface area contributed by atoms with Crippen molar-refractivity contribution in [2.75, 3.05) is 11.9 Å². The fourth-order valence-corrected chi connectivity index (χ4v) is 2.85. The Hall–Kier alpha value is -2.64. The number of anilines is 1. The topological polar surface area (TPSA) is 71.9 Å². The molecule has 0 atom stereocenters. The standard InChI is InChI=1S/C19H19ClN4O2S/c1-2-11-26-16-6-4-3-5-15(16)21-17(25)12-24-18(22-23-19(24)27)13-7-9-14(20)10-8-13/h3-10H,2,11-12H2,1H3,(H,21,25)(H,23,27). The van der Waals surface area contributed by atoms with Gasteiger partial charge in [-0.1, -0.05) is 30.7 Å². The predicted octanol–water partition coefficient (Wildman–Crippen LogP) is 4.69. The number of halogens is 1. The zero-order valence-electron chi connectivity index (χ0n) is 14.7. The van der Waals surface area contributed by atoms with Crippen LogP contribution in [0.3, 0.4) is 0 Å². The Kier molecular flexibility index (Phi) is 6.26. The Bertz CT molecular complexity index is 982. The molecule has 1 aromatic heterocycles. The van der Waals surface area contributed by atoms with Gasteiger partial charge in [0.2, 0.25) is 5.91 Å². The minimum Gasteiger partial charge on any atom is -0.491 e. The molecule has 1 amide bonds. The van der Waals surface area contributed by atoms with Crippen LogP contribution in [0.2, 0.25) is 5.02 Å². The van der Waals surface area contributed by atoms with Crippen molar-refractivity contribution in [1.29, 1.82) is 0 Å². The Balaban J connectivity index is 1.79. The molecule has 2 N–H and O–H groups in total. The van der Waals surface area contributed by atoms with Crippen molar-refractivity contribution < 1.29 is 9.53 Å². The summed E-state index contributed by atoms with van der Waals surface area (Å²) in [4.78, 5) is 12.6. The number of ether oxygens (including phenoxy) is 1. The van der Waals surface area contributed by atoms with Crippen LogP contribution < -0.4 is 10.1 Å². The van der Waals surface area contributed by atoms with Gasteiger partial charge in [-0.2, -0.15) is 5.10 Å². The average Bonchev–Trinajstić information content (AvgIpc) is 3.02. The number of aromatic nitrogens is 3. The normalized spacial score (nSPS) is 10.6. The Labute approximate surface area is 167 Å². The zero-order valence-corrected chi connectivity index (χ0v) is 16.3. The van der Waals surface area contributed by atoms with E-state index in [9.17, 15) is 4.79 Å². The number of aromatic amines is 1. The van der Waals surface area contributed by atoms with E-state index in [1.54, 1.807) is 22.8 Å². The number of H-pyrrole nitrogens is 1. The van der Waals surface area contributed by atoms with Gasteiger partial charge in [-0.05, 0) is 55.0 Å². The molecule has 2 aromatic carbocycles. The van der Waals surface area contributed by atoms with Crippen LogP contribution in [0.25, 0.3) is 11.4 Å². The molecular formula is C19H19ClN4O2S. The van der Waals surface area contributed by atoms with E-state index in [0.717, 1.165) is 12.0 Å². The quantitative estimate of drug-likeness (QED) is 0.562. The molecule has 0 saturated heterocycles. The van der Waals surface area contributed by atoms with Gasteiger partial charge in [0.05, 0.1) is 12.3 Å². The zero-order chi connectivity index (χ0) is 19.2. The molecule has 0 spiro atoms. The van der Waals surface area contributed by atoms with Gasteiger partial charge in [-0.25, -0.2) is 0 Å². The third kappa shape index (κ3) is 4.75. The van der Waals surface area contributed by atoms with Gasteiger partial charge in [0.15, 0.2) is 10.6 Å². The minimum absolute atomic E-state index is 0.0232. The number of carbonyl (C=O) groups is 1. The van der Waals surface area contributed by atoms with E-state index in [-0.39, 0.29) is 12.5 Å². The van der Waals surface area contributed by atoms with Crippen molar-refractivity contribution in [3.05, 3.63) is 58.3 Å². The molecule has 3 rings (SSSR count). The van der Waals surface area contributed by atoms with Crippen molar-refractivity contribution in [1.82, 2.24) is 14.8 Å². The van der Waals surface area contributed by atoms with Crippen LogP contribution >= 0.6 is 23.8 Å². The lowest BCUT2D eigenvalue weighted by Gasteiger charge is -2.12. The maximum absolute atomic E-state index is 12.6. The maximum atomic E-state index is 12.6. The molecule has 0 unspecified atom stereocenters. The summed E-state index contributed by atoms with van der Waals surface area (Å²) < 4.78 is 7.69. The highest BCUT2D eigenvalue weighted by atomic mass is 35.5. The van der Waals surface area contributed by atoms with Crippen LogP contribution in [0.4, 0.5) is 5.69 Å². The third-order valence-electron chi connectivity index (χ3n) is 3.79. The van der Waals surface area contributed by atoms with Crippen LogP contribution in [-0.4, -0.2) is 27.3 Å². The molecule has 1 heterocycles. The number of nitrogens with zero attached hydrogens (tertiary/aromatic N) is 2. The third-order valence-corrected chi connectivity index (χ3v) is 4.35. The lowest BCUT2D eigenvalue weighted by molar-refractivity contribution is -0.116. The predicted molar refractivity (Wildman–Crippen MR) is 109 cm³/mol. The van der Waals surface area contributed by atoms with E-state index in [1.165, 1.54) is 0 Å². The highest BCUT2D eigenvalue weighted by molar-refractivity contribution is 7.71. The molecular weight excluding hydrogens is 384 g/mol. The van der Waals surface area contributed by atoms with Crippen molar-refractivity contribution >= 4 is 35.4 Å². The van der Waals surface area contributed by atoms with Crippen LogP contribution in [-0.2, 0) is 11.3 Å². The summed E-state index contributed by atoms with van der Waals surface area (Å²) in [7, 11) is 0. The first-order valence-corrected chi connectivity index (χ1v) is 9.30. The summed E-state index contributed by atoms with van der Waals surface area (Å²) in [5.74, 6) is 0.985. The van der Waals surface area contributed by atoms with Crippen molar-refractivity contribution in [2.45, 2.75) is 19.9 Å². The van der Waals surface area contributed by atoms with Gasteiger partial charge in [0.25, 0.3) is 0 Å². The number of hydrogen-bond acceptors (Lipinski definition) is 4. The molecule has 0 bridgehead atoms. The Morgan fingerprint density at radius 3 is 2.74 bits per heavy atom. The van der Waals surface area contributed by atoms with E-state index >= 15 is 0 Å². The van der Waals surface area contributed by atoms with E-state index in [2.05, 4.69) is 15.5 Å². The fourth-order valence-electron chi connectivity index (χ4n) is 2.52. The highest BCUT2D eigenvalue weighted by Gasteiger charge is 2.14. The van der Waals surface area contributed by atoms with Crippen LogP contribution in [0.5, 0.6) is 5.75 Å². The first-order valence-electron chi connectivity index (χ1n) is 8.51. The molecule has 0 aliphatic heterocycles. The lowest BCUT2D eigenvalue weighted by Crippen LogP contribution is -2.20. The van der Waals surface area contributed by atoms with Gasteiger partial charge in [-0.3, -0.25) is 14.5 Å². The number of para-hydroxylation sites is 2. The number of carbonyl (C=O) groups excluding carboxylic acids is 1. The van der Waals surface area contributed by atoms with Crippen molar-refractivity contribution in [2.24, 2.45) is 0 Å². The summed E-state index contributed by atoms with van der Waals surface area (Å²) >= 11 is 11.2. The molecule has 0 aliphatic rings. The van der Waals surface area contributed by atoms with Crippen LogP contribution in [0.15, 0.2) is 48.5 Å². The summed E-state index contributed by atoms with van der Waals surface area (Å²) in [5, 5.41) is 10.5. The second-order valence-electron chi connectivity index (χ2n) is 5.84. The maximum Gasteiger partial charge on any atom is 0.244 e. The number of amides is 1. The van der Waals surface area contributed by atoms with Crippen molar-refractivity contribution in [3.8, 4) is 17.1 Å². The van der Waals surface area contributed by atoms with Gasteiger partial charge in [0.1, 0.15) is 12.3 Å². The first kappa shape index (κ1) is 19.1. The molecule has 27 heavy (non-hydrogen) atoms. The van der Waals surface area contributed by atoms with Gasteiger partial charge in [-0.15, -0.1) is 0 Å². The average molecular weight is 403 g/mol. The molecule has 0 fully saturated rings. The number of rotatable bonds is 7. The van der Waals surface area contributed by atoms with Crippen LogP contribution in [0, 0.1) is 4.77 Å². The molecule has 8 heteroatoms. The Morgan fingerprint density at radius 2 is 2.00 bits per heavy atom. The van der Waals surface area contributed by atoms with E-state index < -0.39 is 0 Å². The first-order chi connectivity index (χ1) is 13.1. The SMILES string of the molecule is CCCOc1ccccc1NC(=O)Cn1c(-c2ccc(Cl)cc2)n[nH]c1=S. The fraction of sp³-hybridized carbons (Fsp3) is 0.211. The van der Waals surface area contributed by atoms with E-state index in [0.29, 0.717) is 33.7 Å². The highest BCUT2D eigenvalue weighted by Crippen LogP contribution is 2.24. The summed E-state index contributed by atoms with van der Waals surface area (Å²) in [6.45, 7) is 2.63. The minimum atomic E-state index is -0.227. The molecule has 0 radical (unpaired) electrons. The summed E-state index contributed by atoms with van der Waals surface area (Å²) in [5.41, 5.74) is 1.44. The van der Waals surface area contributed by atoms with Crippen molar-refractivity contribution in [3.63, 3.8) is 0 Å². The monoisotopic (exact) mass is 402 g/mol. The van der Waals surface area contributed by atoms with Gasteiger partial charge in [0, 0.05) is 10.6 Å². The number of benzene rings is 2. The molecule has 0 saturated carbocycles. The van der Waals surface area contributed by atoms with E-state index in [1.807, 2.05) is 37.3 Å². The number of hydrogen-bond donors (Lipinski definition) is 2. The molecule has 6 nitrogen and oxygen atoms in total. The smallest absolute Gasteiger partial charge is 0.244 e. The second-order valence-corrected chi connectivity index (χ2v) is 6.66. The van der Waals surface area contributed by atoms with E-state index in [4.69, 9.17) is 28.6 Å². The molecule has 3 aromatic rings. The second kappa shape index (κ2) is 8.83. The Morgan fingerprint density at radius 1 is 1.26 bits per heavy atom. The van der Waals surface area contributed by atoms with Gasteiger partial charge < -0.3 is 10.1 Å². The molecule has 0 aliphatic carbocycles. The summed E-state index contributed by atoms with van der Waals surface area (Å²) in [6, 6.07) is 14.5. The lowest BCUT2D eigenvalue weighted by atomic mass is 10.2. The largest absolute Gasteiger partial charge is 0.491 e. The van der Waals surface area contributed by atoms with Gasteiger partial charge >= 0.3 is 0 Å². The van der Waals surface area contributed by atoms with Crippen LogP contribution in [0.1, 0.15) is 13.3 Å².